The highest BCUT2D eigenvalue weighted by Crippen LogP contribution is 2.41. The Balaban J connectivity index is 1.58. The van der Waals surface area contributed by atoms with Crippen LogP contribution < -0.4 is 4.90 Å². The van der Waals surface area contributed by atoms with Gasteiger partial charge in [0, 0.05) is 22.9 Å². The molecule has 2 aliphatic rings. The minimum atomic E-state index is -3.12. The molecule has 2 heterocycles. The Morgan fingerprint density at radius 2 is 1.77 bits per heavy atom. The van der Waals surface area contributed by atoms with Crippen molar-refractivity contribution in [2.24, 2.45) is 4.99 Å². The summed E-state index contributed by atoms with van der Waals surface area (Å²) in [6.45, 7) is 1.50. The van der Waals surface area contributed by atoms with Crippen LogP contribution in [0.3, 0.4) is 0 Å². The number of hydrogen-bond acceptors (Lipinski definition) is 5. The van der Waals surface area contributed by atoms with Gasteiger partial charge in [-0.05, 0) is 43.2 Å². The first-order valence-electron chi connectivity index (χ1n) is 9.75. The lowest BCUT2D eigenvalue weighted by Crippen LogP contribution is -2.37. The number of carbonyl (C=O) groups excluding carboxylic acids is 2. The van der Waals surface area contributed by atoms with Crippen molar-refractivity contribution >= 4 is 44.1 Å². The van der Waals surface area contributed by atoms with Crippen molar-refractivity contribution in [1.29, 1.82) is 0 Å². The first-order chi connectivity index (χ1) is 14.3. The van der Waals surface area contributed by atoms with Crippen LogP contribution in [0.5, 0.6) is 0 Å². The molecule has 0 unspecified atom stereocenters. The average Bonchev–Trinajstić information content (AvgIpc) is 3.18. The summed E-state index contributed by atoms with van der Waals surface area (Å²) in [5.41, 5.74) is 2.40. The molecule has 0 N–H and O–H groups in total. The number of Topliss-reactive ketones (excluding diaryl/α,β-unsaturated/α-hetero) is 1. The second-order valence-electron chi connectivity index (χ2n) is 7.55. The van der Waals surface area contributed by atoms with E-state index in [1.165, 1.54) is 18.7 Å². The minimum absolute atomic E-state index is 0.0380. The van der Waals surface area contributed by atoms with E-state index in [2.05, 4.69) is 4.99 Å². The summed E-state index contributed by atoms with van der Waals surface area (Å²) in [7, 11) is -3.12. The van der Waals surface area contributed by atoms with Crippen LogP contribution in [0.1, 0.15) is 29.3 Å². The minimum Gasteiger partial charge on any atom is -0.316 e. The number of thioether (sulfide) groups is 1. The molecular formula is C22H22N2O4S2. The number of nitrogens with zero attached hydrogens (tertiary/aromatic N) is 2. The van der Waals surface area contributed by atoms with Crippen molar-refractivity contribution in [2.75, 3.05) is 16.4 Å². The summed E-state index contributed by atoms with van der Waals surface area (Å²) < 4.78 is 24.3. The van der Waals surface area contributed by atoms with Crippen LogP contribution in [0.25, 0.3) is 0 Å². The zero-order valence-electron chi connectivity index (χ0n) is 16.5. The molecule has 2 saturated heterocycles. The van der Waals surface area contributed by atoms with Gasteiger partial charge in [-0.15, -0.1) is 0 Å². The molecule has 30 heavy (non-hydrogen) atoms. The molecule has 0 saturated carbocycles. The largest absolute Gasteiger partial charge is 0.316 e. The number of aryl methyl sites for hydroxylation is 1. The van der Waals surface area contributed by atoms with Gasteiger partial charge >= 0.3 is 0 Å². The van der Waals surface area contributed by atoms with E-state index in [0.717, 1.165) is 11.3 Å². The van der Waals surface area contributed by atoms with Gasteiger partial charge in [-0.3, -0.25) is 9.59 Å². The summed E-state index contributed by atoms with van der Waals surface area (Å²) in [6.07, 6.45) is 0.897. The van der Waals surface area contributed by atoms with Crippen molar-refractivity contribution < 1.29 is 18.0 Å². The topological polar surface area (TPSA) is 83.9 Å². The van der Waals surface area contributed by atoms with Gasteiger partial charge in [0.15, 0.2) is 20.8 Å². The SMILES string of the molecule is CC(=O)c1ccc(N2C(=NC(=O)CCc3ccccc3)S[C@H]3CS(=O)(=O)C[C@H]32)cc1. The van der Waals surface area contributed by atoms with Crippen LogP contribution >= 0.6 is 11.8 Å². The third-order valence-corrected chi connectivity index (χ3v) is 8.52. The summed E-state index contributed by atoms with van der Waals surface area (Å²) in [4.78, 5) is 30.3. The van der Waals surface area contributed by atoms with E-state index in [1.54, 1.807) is 24.3 Å². The number of amidine groups is 1. The maximum atomic E-state index is 12.5. The standard InChI is InChI=1S/C22H22N2O4S2/c1-15(25)17-8-10-18(11-9-17)24-19-13-30(27,28)14-20(19)29-22(24)23-21(26)12-7-16-5-3-2-4-6-16/h2-6,8-11,19-20H,7,12-14H2,1H3/t19-,20+/m1/s1. The number of amides is 1. The van der Waals surface area contributed by atoms with Crippen molar-refractivity contribution in [3.63, 3.8) is 0 Å². The van der Waals surface area contributed by atoms with Gasteiger partial charge in [-0.2, -0.15) is 4.99 Å². The van der Waals surface area contributed by atoms with Crippen LogP contribution in [0, 0.1) is 0 Å². The Labute approximate surface area is 180 Å². The van der Waals surface area contributed by atoms with Crippen LogP contribution in [-0.2, 0) is 21.1 Å². The van der Waals surface area contributed by atoms with E-state index in [4.69, 9.17) is 0 Å². The Kier molecular flexibility index (Phi) is 5.79. The molecule has 2 aliphatic heterocycles. The Bertz CT molecular complexity index is 1100. The van der Waals surface area contributed by atoms with Gasteiger partial charge in [-0.25, -0.2) is 8.42 Å². The number of aliphatic imine (C=N–C) groups is 1. The third-order valence-electron chi connectivity index (χ3n) is 5.31. The van der Waals surface area contributed by atoms with E-state index >= 15 is 0 Å². The second kappa shape index (κ2) is 8.35. The van der Waals surface area contributed by atoms with E-state index in [1.807, 2.05) is 35.2 Å². The smallest absolute Gasteiger partial charge is 0.248 e. The normalized spacial score (nSPS) is 23.5. The number of ketones is 1. The van der Waals surface area contributed by atoms with Crippen molar-refractivity contribution in [2.45, 2.75) is 31.1 Å². The predicted octanol–water partition coefficient (Wildman–Crippen LogP) is 3.12. The molecule has 156 valence electrons. The highest BCUT2D eigenvalue weighted by Gasteiger charge is 2.49. The van der Waals surface area contributed by atoms with Gasteiger partial charge in [0.25, 0.3) is 0 Å². The zero-order valence-corrected chi connectivity index (χ0v) is 18.2. The number of carbonyl (C=O) groups is 2. The van der Waals surface area contributed by atoms with Crippen LogP contribution in [-0.4, -0.2) is 48.1 Å². The van der Waals surface area contributed by atoms with Gasteiger partial charge in [-0.1, -0.05) is 42.1 Å². The Hall–Kier alpha value is -2.45. The van der Waals surface area contributed by atoms with Gasteiger partial charge < -0.3 is 4.90 Å². The summed E-state index contributed by atoms with van der Waals surface area (Å²) in [5, 5.41) is 0.386. The quantitative estimate of drug-likeness (QED) is 0.662. The fourth-order valence-corrected chi connectivity index (χ4v) is 7.71. The molecule has 0 radical (unpaired) electrons. The maximum Gasteiger partial charge on any atom is 0.248 e. The number of fused-ring (bicyclic) bond motifs is 1. The molecule has 0 aliphatic carbocycles. The first kappa shape index (κ1) is 20.8. The molecule has 0 bridgehead atoms. The highest BCUT2D eigenvalue weighted by molar-refractivity contribution is 8.16. The van der Waals surface area contributed by atoms with E-state index in [0.29, 0.717) is 23.6 Å². The lowest BCUT2D eigenvalue weighted by Gasteiger charge is -2.24. The Morgan fingerprint density at radius 3 is 2.43 bits per heavy atom. The van der Waals surface area contributed by atoms with E-state index in [9.17, 15) is 18.0 Å². The molecule has 4 rings (SSSR count). The lowest BCUT2D eigenvalue weighted by molar-refractivity contribution is -0.117. The van der Waals surface area contributed by atoms with Crippen LogP contribution in [0.2, 0.25) is 0 Å². The number of benzene rings is 2. The van der Waals surface area contributed by atoms with Gasteiger partial charge in [0.05, 0.1) is 17.5 Å². The maximum absolute atomic E-state index is 12.5. The average molecular weight is 443 g/mol. The van der Waals surface area contributed by atoms with Crippen molar-refractivity contribution in [3.8, 4) is 0 Å². The molecule has 1 amide bonds. The number of rotatable bonds is 5. The second-order valence-corrected chi connectivity index (χ2v) is 10.9. The molecule has 2 fully saturated rings. The molecule has 0 aromatic heterocycles. The number of sulfone groups is 1. The van der Waals surface area contributed by atoms with Gasteiger partial charge in [0.1, 0.15) is 0 Å². The van der Waals surface area contributed by atoms with Crippen molar-refractivity contribution in [1.82, 2.24) is 0 Å². The lowest BCUT2D eigenvalue weighted by atomic mass is 10.1. The van der Waals surface area contributed by atoms with Gasteiger partial charge in [0.2, 0.25) is 5.91 Å². The molecular weight excluding hydrogens is 420 g/mol. The van der Waals surface area contributed by atoms with E-state index < -0.39 is 9.84 Å². The zero-order chi connectivity index (χ0) is 21.3. The number of hydrogen-bond donors (Lipinski definition) is 0. The summed E-state index contributed by atoms with van der Waals surface area (Å²) >= 11 is 1.36. The molecule has 2 aromatic carbocycles. The number of anilines is 1. The molecule has 6 nitrogen and oxygen atoms in total. The fourth-order valence-electron chi connectivity index (χ4n) is 3.78. The van der Waals surface area contributed by atoms with Crippen LogP contribution in [0.4, 0.5) is 5.69 Å². The molecule has 2 atom stereocenters. The third kappa shape index (κ3) is 4.49. The van der Waals surface area contributed by atoms with Crippen LogP contribution in [0.15, 0.2) is 59.6 Å². The van der Waals surface area contributed by atoms with E-state index in [-0.39, 0.29) is 34.5 Å². The summed E-state index contributed by atoms with van der Waals surface area (Å²) in [6, 6.07) is 16.5. The Morgan fingerprint density at radius 1 is 1.07 bits per heavy atom. The van der Waals surface area contributed by atoms with Crippen molar-refractivity contribution in [3.05, 3.63) is 65.7 Å². The monoisotopic (exact) mass is 442 g/mol. The molecule has 0 spiro atoms. The molecule has 8 heteroatoms. The molecule has 2 aromatic rings. The predicted molar refractivity (Wildman–Crippen MR) is 120 cm³/mol. The fraction of sp³-hybridized carbons (Fsp3) is 0.318. The first-order valence-corrected chi connectivity index (χ1v) is 12.5. The summed E-state index contributed by atoms with van der Waals surface area (Å²) in [5.74, 6) is -0.143. The highest BCUT2D eigenvalue weighted by atomic mass is 32.2.